The monoisotopic (exact) mass is 338 g/mol. The number of aromatic nitrogens is 1. The minimum atomic E-state index is 0.0411. The Morgan fingerprint density at radius 3 is 2.80 bits per heavy atom. The summed E-state index contributed by atoms with van der Waals surface area (Å²) in [5.74, 6) is 1.33. The number of amides is 1. The summed E-state index contributed by atoms with van der Waals surface area (Å²) in [5.41, 5.74) is 8.12. The van der Waals surface area contributed by atoms with E-state index in [0.29, 0.717) is 41.3 Å². The normalized spacial score (nSPS) is 14.2. The van der Waals surface area contributed by atoms with Gasteiger partial charge in [-0.3, -0.25) is 15.1 Å². The van der Waals surface area contributed by atoms with Gasteiger partial charge in [-0.1, -0.05) is 0 Å². The largest absolute Gasteiger partial charge is 0.491 e. The lowest BCUT2D eigenvalue weighted by Gasteiger charge is -2.16. The standard InChI is InChI=1S/C19H22N4O2/c1-12(2)25-14-5-6-16(20)15(11-14)19(21)13-7-8-22-17(10-13)23-9-3-4-18(23)24/h5-8,10-12,21H,3-4,9,20H2,1-2H3. The number of ether oxygens (including phenoxy) is 1. The van der Waals surface area contributed by atoms with Crippen LogP contribution in [0.4, 0.5) is 11.5 Å². The topological polar surface area (TPSA) is 92.3 Å². The van der Waals surface area contributed by atoms with Crippen LogP contribution < -0.4 is 15.4 Å². The van der Waals surface area contributed by atoms with E-state index < -0.39 is 0 Å². The number of pyridine rings is 1. The van der Waals surface area contributed by atoms with Crippen molar-refractivity contribution in [2.75, 3.05) is 17.2 Å². The predicted octanol–water partition coefficient (Wildman–Crippen LogP) is 2.99. The van der Waals surface area contributed by atoms with Crippen molar-refractivity contribution >= 4 is 23.1 Å². The first-order valence-corrected chi connectivity index (χ1v) is 8.37. The number of benzene rings is 1. The number of anilines is 2. The van der Waals surface area contributed by atoms with Gasteiger partial charge in [-0.25, -0.2) is 4.98 Å². The Bertz CT molecular complexity index is 817. The van der Waals surface area contributed by atoms with Crippen molar-refractivity contribution in [3.8, 4) is 5.75 Å². The third kappa shape index (κ3) is 3.63. The zero-order valence-corrected chi connectivity index (χ0v) is 14.5. The second kappa shape index (κ2) is 6.93. The van der Waals surface area contributed by atoms with E-state index in [-0.39, 0.29) is 17.7 Å². The van der Waals surface area contributed by atoms with Crippen molar-refractivity contribution in [1.29, 1.82) is 5.41 Å². The van der Waals surface area contributed by atoms with Crippen LogP contribution in [0.5, 0.6) is 5.75 Å². The van der Waals surface area contributed by atoms with Gasteiger partial charge in [0.05, 0.1) is 11.8 Å². The van der Waals surface area contributed by atoms with Gasteiger partial charge in [-0.2, -0.15) is 0 Å². The number of nitrogen functional groups attached to an aromatic ring is 1. The van der Waals surface area contributed by atoms with Crippen LogP contribution in [0.15, 0.2) is 36.5 Å². The van der Waals surface area contributed by atoms with E-state index in [9.17, 15) is 4.79 Å². The molecule has 0 aliphatic carbocycles. The van der Waals surface area contributed by atoms with Crippen LogP contribution in [-0.2, 0) is 4.79 Å². The molecule has 0 atom stereocenters. The number of nitrogens with two attached hydrogens (primary N) is 1. The first-order valence-electron chi connectivity index (χ1n) is 8.37. The minimum Gasteiger partial charge on any atom is -0.491 e. The Hall–Kier alpha value is -2.89. The van der Waals surface area contributed by atoms with Crippen LogP contribution in [0.3, 0.4) is 0 Å². The van der Waals surface area contributed by atoms with Gasteiger partial charge < -0.3 is 10.5 Å². The maximum absolute atomic E-state index is 11.9. The molecule has 25 heavy (non-hydrogen) atoms. The van der Waals surface area contributed by atoms with Crippen LogP contribution in [0.1, 0.15) is 37.8 Å². The summed E-state index contributed by atoms with van der Waals surface area (Å²) in [7, 11) is 0. The fourth-order valence-electron chi connectivity index (χ4n) is 2.86. The van der Waals surface area contributed by atoms with E-state index in [0.717, 1.165) is 6.42 Å². The number of carbonyl (C=O) groups excluding carboxylic acids is 1. The first kappa shape index (κ1) is 17.0. The summed E-state index contributed by atoms with van der Waals surface area (Å²) in [6, 6.07) is 8.84. The van der Waals surface area contributed by atoms with Gasteiger partial charge in [-0.05, 0) is 50.6 Å². The van der Waals surface area contributed by atoms with Gasteiger partial charge in [0.2, 0.25) is 5.91 Å². The molecule has 3 rings (SSSR count). The number of nitrogens with zero attached hydrogens (tertiary/aromatic N) is 2. The van der Waals surface area contributed by atoms with Gasteiger partial charge in [0.1, 0.15) is 11.6 Å². The minimum absolute atomic E-state index is 0.0411. The van der Waals surface area contributed by atoms with E-state index in [4.69, 9.17) is 15.9 Å². The highest BCUT2D eigenvalue weighted by Gasteiger charge is 2.23. The fraction of sp³-hybridized carbons (Fsp3) is 0.316. The van der Waals surface area contributed by atoms with Crippen molar-refractivity contribution in [2.45, 2.75) is 32.8 Å². The smallest absolute Gasteiger partial charge is 0.228 e. The number of hydrogen-bond donors (Lipinski definition) is 2. The summed E-state index contributed by atoms with van der Waals surface area (Å²) in [6.07, 6.45) is 3.05. The molecule has 0 bridgehead atoms. The molecule has 0 saturated carbocycles. The van der Waals surface area contributed by atoms with Crippen LogP contribution in [0, 0.1) is 5.41 Å². The van der Waals surface area contributed by atoms with Crippen LogP contribution >= 0.6 is 0 Å². The molecule has 1 aliphatic rings. The zero-order valence-electron chi connectivity index (χ0n) is 14.5. The summed E-state index contributed by atoms with van der Waals surface area (Å²) in [6.45, 7) is 4.57. The summed E-state index contributed by atoms with van der Waals surface area (Å²) < 4.78 is 5.70. The maximum atomic E-state index is 11.9. The SMILES string of the molecule is CC(C)Oc1ccc(N)c(C(=N)c2ccnc(N3CCCC3=O)c2)c1. The van der Waals surface area contributed by atoms with Crippen LogP contribution in [0.2, 0.25) is 0 Å². The molecule has 0 radical (unpaired) electrons. The quantitative estimate of drug-likeness (QED) is 0.647. The average molecular weight is 338 g/mol. The molecule has 2 aromatic rings. The van der Waals surface area contributed by atoms with E-state index in [1.165, 1.54) is 0 Å². The van der Waals surface area contributed by atoms with Crippen LogP contribution in [-0.4, -0.2) is 29.3 Å². The van der Waals surface area contributed by atoms with E-state index in [2.05, 4.69) is 4.98 Å². The molecule has 1 fully saturated rings. The molecule has 0 unspecified atom stereocenters. The highest BCUT2D eigenvalue weighted by Crippen LogP contribution is 2.25. The van der Waals surface area contributed by atoms with Crippen molar-refractivity contribution in [1.82, 2.24) is 4.98 Å². The van der Waals surface area contributed by atoms with Crippen molar-refractivity contribution in [2.24, 2.45) is 0 Å². The second-order valence-corrected chi connectivity index (χ2v) is 6.34. The Morgan fingerprint density at radius 2 is 2.12 bits per heavy atom. The molecule has 2 heterocycles. The van der Waals surface area contributed by atoms with Crippen molar-refractivity contribution < 1.29 is 9.53 Å². The molecule has 0 spiro atoms. The molecule has 1 aromatic heterocycles. The van der Waals surface area contributed by atoms with Gasteiger partial charge in [0.15, 0.2) is 0 Å². The lowest BCUT2D eigenvalue weighted by atomic mass is 10.0. The van der Waals surface area contributed by atoms with Gasteiger partial charge in [0.25, 0.3) is 0 Å². The third-order valence-corrected chi connectivity index (χ3v) is 4.05. The van der Waals surface area contributed by atoms with Crippen LogP contribution in [0.25, 0.3) is 0 Å². The molecular weight excluding hydrogens is 316 g/mol. The zero-order chi connectivity index (χ0) is 18.0. The molecule has 6 heteroatoms. The fourth-order valence-corrected chi connectivity index (χ4v) is 2.86. The van der Waals surface area contributed by atoms with Crippen molar-refractivity contribution in [3.63, 3.8) is 0 Å². The Kier molecular flexibility index (Phi) is 4.70. The second-order valence-electron chi connectivity index (χ2n) is 6.34. The summed E-state index contributed by atoms with van der Waals surface area (Å²) in [4.78, 5) is 17.9. The predicted molar refractivity (Wildman–Crippen MR) is 98.4 cm³/mol. The maximum Gasteiger partial charge on any atom is 0.228 e. The molecule has 3 N–H and O–H groups in total. The number of carbonyl (C=O) groups is 1. The molecule has 1 aromatic carbocycles. The Labute approximate surface area is 147 Å². The highest BCUT2D eigenvalue weighted by atomic mass is 16.5. The van der Waals surface area contributed by atoms with Gasteiger partial charge in [-0.15, -0.1) is 0 Å². The number of rotatable bonds is 5. The first-order chi connectivity index (χ1) is 12.0. The molecule has 130 valence electrons. The molecule has 6 nitrogen and oxygen atoms in total. The summed E-state index contributed by atoms with van der Waals surface area (Å²) in [5, 5.41) is 8.54. The number of hydrogen-bond acceptors (Lipinski definition) is 5. The van der Waals surface area contributed by atoms with E-state index in [1.807, 2.05) is 13.8 Å². The lowest BCUT2D eigenvalue weighted by Crippen LogP contribution is -2.25. The molecule has 1 amide bonds. The summed E-state index contributed by atoms with van der Waals surface area (Å²) >= 11 is 0. The van der Waals surface area contributed by atoms with E-state index in [1.54, 1.807) is 41.4 Å². The van der Waals surface area contributed by atoms with Gasteiger partial charge >= 0.3 is 0 Å². The molecule has 1 saturated heterocycles. The van der Waals surface area contributed by atoms with Crippen molar-refractivity contribution in [3.05, 3.63) is 47.7 Å². The van der Waals surface area contributed by atoms with Gasteiger partial charge in [0, 0.05) is 36.0 Å². The number of nitrogens with one attached hydrogen (secondary N) is 1. The Morgan fingerprint density at radius 1 is 1.32 bits per heavy atom. The third-order valence-electron chi connectivity index (χ3n) is 4.05. The molecular formula is C19H22N4O2. The molecule has 1 aliphatic heterocycles. The Balaban J connectivity index is 1.92. The lowest BCUT2D eigenvalue weighted by molar-refractivity contribution is -0.117. The highest BCUT2D eigenvalue weighted by molar-refractivity contribution is 6.14. The average Bonchev–Trinajstić information content (AvgIpc) is 3.02. The van der Waals surface area contributed by atoms with E-state index >= 15 is 0 Å².